The second-order valence-corrected chi connectivity index (χ2v) is 21.5. The zero-order valence-corrected chi connectivity index (χ0v) is 41.6. The monoisotopic (exact) mass is 940 g/mol. The smallest absolute Gasteiger partial charge is 0.158 e. The van der Waals surface area contributed by atoms with Crippen molar-refractivity contribution in [3.05, 3.63) is 206 Å². The standard InChI is InChI=1S/C64H56N6O2/c1-9-62(7)43-23-13-15-25-47(43)70-58-49(27-19-38-66-58)67(45-31-33-53-55(39(45)3)41-21-11-17-29-51(41)71-53)60(70)63(62,8)35-36-64(10-2)44-24-14-16-26-48(44)68-50-28-20-37-65-57(50)69(59(68)61(64,5)6)46-32-34-54-56(40(46)4)42-22-12-18-30-52(42)72-54/h9-34,37-38,59-60H,1-2,35-36H2,3-8H3. The summed E-state index contributed by atoms with van der Waals surface area (Å²) in [5.41, 5.74) is 13.1. The lowest BCUT2D eigenvalue weighted by Gasteiger charge is -2.61. The molecule has 0 spiro atoms. The van der Waals surface area contributed by atoms with Crippen LogP contribution in [0.3, 0.4) is 0 Å². The lowest BCUT2D eigenvalue weighted by molar-refractivity contribution is 0.0827. The van der Waals surface area contributed by atoms with Crippen molar-refractivity contribution in [2.75, 3.05) is 19.6 Å². The third-order valence-electron chi connectivity index (χ3n) is 18.3. The third kappa shape index (κ3) is 5.16. The number of aromatic nitrogens is 2. The molecular formula is C64H56N6O2. The Kier molecular flexibility index (Phi) is 8.75. The molecule has 5 unspecified atom stereocenters. The average Bonchev–Trinajstić information content (AvgIpc) is 4.18. The highest BCUT2D eigenvalue weighted by molar-refractivity contribution is 6.10. The van der Waals surface area contributed by atoms with Crippen LogP contribution in [0.5, 0.6) is 0 Å². The lowest BCUT2D eigenvalue weighted by atomic mass is 9.50. The predicted octanol–water partition coefficient (Wildman–Crippen LogP) is 16.5. The SMILES string of the molecule is C=CC1(C)c2ccccc2N2c3ncccc3N(c3ccc4oc5ccccc5c4c3C)C2C1(C)CCC1(C=C)c2ccccc2N2c3cccnc3N(c3ccc4oc5ccccc5c4c3C)C2C1(C)C. The van der Waals surface area contributed by atoms with Gasteiger partial charge in [-0.25, -0.2) is 9.97 Å². The summed E-state index contributed by atoms with van der Waals surface area (Å²) in [5, 5.41) is 4.51. The van der Waals surface area contributed by atoms with Crippen LogP contribution < -0.4 is 19.6 Å². The Morgan fingerprint density at radius 1 is 0.472 bits per heavy atom. The van der Waals surface area contributed by atoms with Crippen LogP contribution in [0.25, 0.3) is 43.9 Å². The van der Waals surface area contributed by atoms with Gasteiger partial charge in [0.2, 0.25) is 0 Å². The number of fused-ring (bicyclic) bond motifs is 16. The van der Waals surface area contributed by atoms with Crippen molar-refractivity contribution in [2.45, 2.75) is 77.5 Å². The van der Waals surface area contributed by atoms with Crippen molar-refractivity contribution in [2.24, 2.45) is 10.8 Å². The number of hydrogen-bond donors (Lipinski definition) is 0. The van der Waals surface area contributed by atoms with Crippen LogP contribution in [0.4, 0.5) is 45.8 Å². The quantitative estimate of drug-likeness (QED) is 0.146. The molecule has 4 aromatic heterocycles. The number of para-hydroxylation sites is 4. The van der Waals surface area contributed by atoms with E-state index in [2.05, 4.69) is 207 Å². The number of hydrogen-bond acceptors (Lipinski definition) is 8. The molecule has 8 heterocycles. The van der Waals surface area contributed by atoms with Gasteiger partial charge in [0.1, 0.15) is 34.7 Å². The molecule has 10 aromatic rings. The first-order valence-electron chi connectivity index (χ1n) is 25.3. The Morgan fingerprint density at radius 2 is 0.944 bits per heavy atom. The summed E-state index contributed by atoms with van der Waals surface area (Å²) in [7, 11) is 0. The van der Waals surface area contributed by atoms with E-state index >= 15 is 0 Å². The van der Waals surface area contributed by atoms with Gasteiger partial charge in [0.25, 0.3) is 0 Å². The second kappa shape index (κ2) is 14.7. The van der Waals surface area contributed by atoms with Crippen molar-refractivity contribution < 1.29 is 8.83 Å². The van der Waals surface area contributed by atoms with Crippen molar-refractivity contribution in [1.29, 1.82) is 0 Å². The van der Waals surface area contributed by atoms with Crippen molar-refractivity contribution in [3.8, 4) is 0 Å². The van der Waals surface area contributed by atoms with E-state index in [4.69, 9.17) is 32.0 Å². The minimum atomic E-state index is -0.544. The van der Waals surface area contributed by atoms with Crippen LogP contribution in [0.2, 0.25) is 0 Å². The third-order valence-corrected chi connectivity index (χ3v) is 18.3. The van der Waals surface area contributed by atoms with Crippen molar-refractivity contribution in [1.82, 2.24) is 9.97 Å². The Morgan fingerprint density at radius 3 is 1.51 bits per heavy atom. The molecule has 4 aliphatic heterocycles. The zero-order chi connectivity index (χ0) is 49.1. The Bertz CT molecular complexity index is 3940. The van der Waals surface area contributed by atoms with Crippen LogP contribution in [-0.4, -0.2) is 22.3 Å². The van der Waals surface area contributed by atoms with Gasteiger partial charge in [0.15, 0.2) is 11.6 Å². The largest absolute Gasteiger partial charge is 0.456 e. The molecule has 0 saturated heterocycles. The number of rotatable bonds is 7. The predicted molar refractivity (Wildman–Crippen MR) is 295 cm³/mol. The van der Waals surface area contributed by atoms with E-state index in [1.807, 2.05) is 24.5 Å². The summed E-state index contributed by atoms with van der Waals surface area (Å²) >= 11 is 0. The summed E-state index contributed by atoms with van der Waals surface area (Å²) in [6.45, 7) is 24.0. The first-order chi connectivity index (χ1) is 35.0. The summed E-state index contributed by atoms with van der Waals surface area (Å²) in [6.07, 6.45) is 9.62. The minimum absolute atomic E-state index is 0.178. The average molecular weight is 941 g/mol. The zero-order valence-electron chi connectivity index (χ0n) is 41.6. The molecule has 0 radical (unpaired) electrons. The number of aryl methyl sites for hydroxylation is 2. The van der Waals surface area contributed by atoms with Gasteiger partial charge in [-0.1, -0.05) is 113 Å². The molecule has 14 rings (SSSR count). The molecule has 8 nitrogen and oxygen atoms in total. The van der Waals surface area contributed by atoms with Crippen LogP contribution >= 0.6 is 0 Å². The first-order valence-corrected chi connectivity index (χ1v) is 25.3. The molecule has 354 valence electrons. The summed E-state index contributed by atoms with van der Waals surface area (Å²) in [4.78, 5) is 20.7. The Balaban J connectivity index is 0.970. The van der Waals surface area contributed by atoms with E-state index < -0.39 is 21.7 Å². The number of allylic oxidation sites excluding steroid dienone is 2. The lowest BCUT2D eigenvalue weighted by Crippen LogP contribution is -2.64. The molecule has 4 aliphatic rings. The molecule has 5 atom stereocenters. The van der Waals surface area contributed by atoms with Crippen molar-refractivity contribution in [3.63, 3.8) is 0 Å². The highest BCUT2D eigenvalue weighted by atomic mass is 16.3. The number of nitrogens with zero attached hydrogens (tertiary/aromatic N) is 6. The molecule has 8 heteroatoms. The minimum Gasteiger partial charge on any atom is -0.456 e. The maximum Gasteiger partial charge on any atom is 0.158 e. The Labute approximate surface area is 420 Å². The Hall–Kier alpha value is -8.10. The van der Waals surface area contributed by atoms with E-state index in [9.17, 15) is 0 Å². The normalized spacial score (nSPS) is 23.5. The topological polar surface area (TPSA) is 65.0 Å². The molecule has 0 bridgehead atoms. The fourth-order valence-electron chi connectivity index (χ4n) is 14.4. The fraction of sp³-hybridized carbons (Fsp3) is 0.219. The highest BCUT2D eigenvalue weighted by Crippen LogP contribution is 2.68. The summed E-state index contributed by atoms with van der Waals surface area (Å²) in [6, 6.07) is 52.2. The maximum absolute atomic E-state index is 6.49. The number of pyridine rings is 2. The molecule has 0 amide bonds. The van der Waals surface area contributed by atoms with E-state index in [0.717, 1.165) is 102 Å². The van der Waals surface area contributed by atoms with Crippen LogP contribution in [0, 0.1) is 24.7 Å². The maximum atomic E-state index is 6.49. The van der Waals surface area contributed by atoms with Gasteiger partial charge in [-0.15, -0.1) is 13.2 Å². The van der Waals surface area contributed by atoms with Gasteiger partial charge < -0.3 is 28.4 Å². The van der Waals surface area contributed by atoms with E-state index in [1.165, 1.54) is 22.4 Å². The molecule has 6 aromatic carbocycles. The van der Waals surface area contributed by atoms with Gasteiger partial charge in [0, 0.05) is 78.3 Å². The highest BCUT2D eigenvalue weighted by Gasteiger charge is 2.65. The molecule has 72 heavy (non-hydrogen) atoms. The van der Waals surface area contributed by atoms with Gasteiger partial charge in [0.05, 0.1) is 11.4 Å². The number of anilines is 8. The summed E-state index contributed by atoms with van der Waals surface area (Å²) in [5.74, 6) is 1.89. The van der Waals surface area contributed by atoms with E-state index in [1.54, 1.807) is 0 Å². The molecular weight excluding hydrogens is 885 g/mol. The fourth-order valence-corrected chi connectivity index (χ4v) is 14.4. The molecule has 0 aliphatic carbocycles. The van der Waals surface area contributed by atoms with E-state index in [0.29, 0.717) is 0 Å². The van der Waals surface area contributed by atoms with Crippen LogP contribution in [-0.2, 0) is 10.8 Å². The molecule has 0 fully saturated rings. The second-order valence-electron chi connectivity index (χ2n) is 21.5. The molecule has 0 saturated carbocycles. The van der Waals surface area contributed by atoms with Gasteiger partial charge in [-0.05, 0) is 122 Å². The first kappa shape index (κ1) is 42.8. The van der Waals surface area contributed by atoms with Crippen LogP contribution in [0.15, 0.2) is 192 Å². The van der Waals surface area contributed by atoms with E-state index in [-0.39, 0.29) is 12.3 Å². The summed E-state index contributed by atoms with van der Waals surface area (Å²) < 4.78 is 12.9. The molecule has 0 N–H and O–H groups in total. The van der Waals surface area contributed by atoms with Gasteiger partial charge in [-0.3, -0.25) is 0 Å². The number of furan rings is 2. The van der Waals surface area contributed by atoms with Crippen LogP contribution in [0.1, 0.15) is 62.8 Å². The van der Waals surface area contributed by atoms with Crippen molar-refractivity contribution >= 4 is 89.6 Å². The number of benzene rings is 6. The van der Waals surface area contributed by atoms with Gasteiger partial charge >= 0.3 is 0 Å². The van der Waals surface area contributed by atoms with Gasteiger partial charge in [-0.2, -0.15) is 0 Å².